The lowest BCUT2D eigenvalue weighted by molar-refractivity contribution is 0.582. The van der Waals surface area contributed by atoms with E-state index in [4.69, 9.17) is 5.73 Å². The normalized spacial score (nSPS) is 12.0. The molecule has 0 aliphatic carbocycles. The Morgan fingerprint density at radius 1 is 1.38 bits per heavy atom. The van der Waals surface area contributed by atoms with Crippen LogP contribution >= 0.6 is 15.9 Å². The maximum Gasteiger partial charge on any atom is 0.350 e. The number of benzene rings is 1. The summed E-state index contributed by atoms with van der Waals surface area (Å²) in [5, 5.41) is 3.72. The SMILES string of the molecule is NC/C(=C\F)Cn1ncn(-c2cc(F)c(Br)cc2F)c1=O. The Kier molecular flexibility index (Phi) is 4.63. The monoisotopic (exact) mass is 362 g/mol. The first kappa shape index (κ1) is 15.5. The molecule has 0 aliphatic heterocycles. The molecule has 0 fully saturated rings. The molecule has 2 rings (SSSR count). The Hall–Kier alpha value is -1.87. The molecule has 5 nitrogen and oxygen atoms in total. The van der Waals surface area contributed by atoms with Crippen LogP contribution in [0.5, 0.6) is 0 Å². The summed E-state index contributed by atoms with van der Waals surface area (Å²) >= 11 is 2.84. The zero-order valence-corrected chi connectivity index (χ0v) is 12.1. The van der Waals surface area contributed by atoms with Crippen LogP contribution < -0.4 is 11.4 Å². The Morgan fingerprint density at radius 2 is 2.10 bits per heavy atom. The van der Waals surface area contributed by atoms with E-state index in [0.717, 1.165) is 27.7 Å². The maximum absolute atomic E-state index is 13.8. The summed E-state index contributed by atoms with van der Waals surface area (Å²) < 4.78 is 41.4. The van der Waals surface area contributed by atoms with Crippen molar-refractivity contribution < 1.29 is 13.2 Å². The highest BCUT2D eigenvalue weighted by atomic mass is 79.9. The third kappa shape index (κ3) is 3.08. The number of rotatable bonds is 4. The van der Waals surface area contributed by atoms with Crippen LogP contribution in [0.25, 0.3) is 5.69 Å². The van der Waals surface area contributed by atoms with E-state index < -0.39 is 17.3 Å². The van der Waals surface area contributed by atoms with E-state index in [0.29, 0.717) is 0 Å². The number of halogens is 4. The predicted molar refractivity (Wildman–Crippen MR) is 73.7 cm³/mol. The fraction of sp³-hybridized carbons (Fsp3) is 0.167. The van der Waals surface area contributed by atoms with Gasteiger partial charge in [0, 0.05) is 12.6 Å². The first-order chi connectivity index (χ1) is 9.97. The van der Waals surface area contributed by atoms with E-state index >= 15 is 0 Å². The van der Waals surface area contributed by atoms with E-state index in [1.54, 1.807) is 0 Å². The zero-order chi connectivity index (χ0) is 15.6. The minimum absolute atomic E-state index is 0.0602. The van der Waals surface area contributed by atoms with Gasteiger partial charge in [-0.1, -0.05) is 0 Å². The van der Waals surface area contributed by atoms with Gasteiger partial charge in [0.1, 0.15) is 18.0 Å². The summed E-state index contributed by atoms with van der Waals surface area (Å²) in [6, 6.07) is 1.77. The molecule has 1 heterocycles. The molecule has 0 bridgehead atoms. The average Bonchev–Trinajstić information content (AvgIpc) is 2.81. The van der Waals surface area contributed by atoms with Crippen LogP contribution in [0, 0.1) is 11.6 Å². The van der Waals surface area contributed by atoms with Crippen LogP contribution in [-0.2, 0) is 6.54 Å². The molecular formula is C12H10BrF3N4O. The van der Waals surface area contributed by atoms with Gasteiger partial charge in [-0.05, 0) is 27.6 Å². The number of nitrogens with two attached hydrogens (primary N) is 1. The first-order valence-corrected chi connectivity index (χ1v) is 6.54. The van der Waals surface area contributed by atoms with Crippen molar-refractivity contribution in [3.05, 3.63) is 57.0 Å². The molecule has 9 heteroatoms. The summed E-state index contributed by atoms with van der Waals surface area (Å²) in [4.78, 5) is 12.1. The van der Waals surface area contributed by atoms with Crippen molar-refractivity contribution >= 4 is 15.9 Å². The molecule has 0 spiro atoms. The highest BCUT2D eigenvalue weighted by molar-refractivity contribution is 9.10. The highest BCUT2D eigenvalue weighted by Crippen LogP contribution is 2.21. The lowest BCUT2D eigenvalue weighted by atomic mass is 10.3. The number of hydrogen-bond donors (Lipinski definition) is 1. The van der Waals surface area contributed by atoms with E-state index in [-0.39, 0.29) is 35.2 Å². The van der Waals surface area contributed by atoms with Crippen molar-refractivity contribution in [2.24, 2.45) is 5.73 Å². The van der Waals surface area contributed by atoms with Gasteiger partial charge in [0.05, 0.1) is 23.0 Å². The molecule has 2 N–H and O–H groups in total. The van der Waals surface area contributed by atoms with Crippen molar-refractivity contribution in [3.8, 4) is 5.69 Å². The van der Waals surface area contributed by atoms with Gasteiger partial charge in [-0.3, -0.25) is 0 Å². The maximum atomic E-state index is 13.8. The van der Waals surface area contributed by atoms with Crippen LogP contribution in [0.3, 0.4) is 0 Å². The molecular weight excluding hydrogens is 353 g/mol. The molecule has 1 aromatic carbocycles. The van der Waals surface area contributed by atoms with Crippen LogP contribution in [0.15, 0.2) is 39.6 Å². The lowest BCUT2D eigenvalue weighted by Gasteiger charge is -2.04. The molecule has 0 amide bonds. The molecule has 112 valence electrons. The second-order valence-corrected chi connectivity index (χ2v) is 4.98. The summed E-state index contributed by atoms with van der Waals surface area (Å²) in [5.74, 6) is -1.53. The van der Waals surface area contributed by atoms with Gasteiger partial charge in [0.15, 0.2) is 0 Å². The van der Waals surface area contributed by atoms with E-state index in [1.807, 2.05) is 0 Å². The summed E-state index contributed by atoms with van der Waals surface area (Å²) in [6.45, 7) is -0.253. The average molecular weight is 363 g/mol. The minimum atomic E-state index is -0.801. The first-order valence-electron chi connectivity index (χ1n) is 5.75. The third-order valence-electron chi connectivity index (χ3n) is 2.75. The Balaban J connectivity index is 2.46. The largest absolute Gasteiger partial charge is 0.350 e. The van der Waals surface area contributed by atoms with E-state index in [9.17, 15) is 18.0 Å². The van der Waals surface area contributed by atoms with Gasteiger partial charge in [-0.25, -0.2) is 27.2 Å². The molecule has 0 radical (unpaired) electrons. The molecule has 21 heavy (non-hydrogen) atoms. The van der Waals surface area contributed by atoms with E-state index in [2.05, 4.69) is 21.0 Å². The van der Waals surface area contributed by atoms with Crippen molar-refractivity contribution in [2.75, 3.05) is 6.54 Å². The quantitative estimate of drug-likeness (QED) is 0.844. The summed E-state index contributed by atoms with van der Waals surface area (Å²) in [5.41, 5.74) is 4.41. The second kappa shape index (κ2) is 6.27. The molecule has 0 atom stereocenters. The molecule has 0 unspecified atom stereocenters. The fourth-order valence-corrected chi connectivity index (χ4v) is 1.96. The Labute approximate surface area is 125 Å². The Bertz CT molecular complexity index is 753. The van der Waals surface area contributed by atoms with Crippen LogP contribution in [0.1, 0.15) is 0 Å². The van der Waals surface area contributed by atoms with Gasteiger partial charge >= 0.3 is 5.69 Å². The smallest absolute Gasteiger partial charge is 0.327 e. The molecule has 0 saturated carbocycles. The topological polar surface area (TPSA) is 65.8 Å². The van der Waals surface area contributed by atoms with Crippen molar-refractivity contribution in [2.45, 2.75) is 6.54 Å². The number of hydrogen-bond acceptors (Lipinski definition) is 3. The standard InChI is InChI=1S/C12H10BrF3N4O/c13-8-1-10(16)11(2-9(8)15)19-6-18-20(12(19)21)5-7(3-14)4-17/h1-3,6H,4-5,17H2/b7-3+. The van der Waals surface area contributed by atoms with Crippen molar-refractivity contribution in [1.82, 2.24) is 14.3 Å². The lowest BCUT2D eigenvalue weighted by Crippen LogP contribution is -2.26. The van der Waals surface area contributed by atoms with Crippen LogP contribution in [0.2, 0.25) is 0 Å². The fourth-order valence-electron chi connectivity index (χ4n) is 1.64. The van der Waals surface area contributed by atoms with Gasteiger partial charge in [0.2, 0.25) is 0 Å². The molecule has 0 saturated heterocycles. The zero-order valence-electron chi connectivity index (χ0n) is 10.6. The second-order valence-electron chi connectivity index (χ2n) is 4.13. The van der Waals surface area contributed by atoms with Crippen LogP contribution in [0.4, 0.5) is 13.2 Å². The highest BCUT2D eigenvalue weighted by Gasteiger charge is 2.14. The number of nitrogens with zero attached hydrogens (tertiary/aromatic N) is 3. The number of aromatic nitrogens is 3. The molecule has 2 aromatic rings. The van der Waals surface area contributed by atoms with Gasteiger partial charge in [-0.2, -0.15) is 5.10 Å². The summed E-state index contributed by atoms with van der Waals surface area (Å²) in [6.07, 6.45) is 1.31. The van der Waals surface area contributed by atoms with E-state index in [1.165, 1.54) is 0 Å². The van der Waals surface area contributed by atoms with Crippen molar-refractivity contribution in [3.63, 3.8) is 0 Å². The van der Waals surface area contributed by atoms with Crippen LogP contribution in [-0.4, -0.2) is 20.9 Å². The Morgan fingerprint density at radius 3 is 2.71 bits per heavy atom. The van der Waals surface area contributed by atoms with Gasteiger partial charge in [-0.15, -0.1) is 0 Å². The van der Waals surface area contributed by atoms with Crippen molar-refractivity contribution in [1.29, 1.82) is 0 Å². The van der Waals surface area contributed by atoms with Gasteiger partial charge < -0.3 is 5.73 Å². The third-order valence-corrected chi connectivity index (χ3v) is 3.36. The minimum Gasteiger partial charge on any atom is -0.327 e. The molecule has 1 aromatic heterocycles. The summed E-state index contributed by atoms with van der Waals surface area (Å²) in [7, 11) is 0. The van der Waals surface area contributed by atoms with Gasteiger partial charge in [0.25, 0.3) is 0 Å². The molecule has 0 aliphatic rings. The predicted octanol–water partition coefficient (Wildman–Crippen LogP) is 1.89.